The Bertz CT molecular complexity index is 556. The number of nitrogens with one attached hydrogen (secondary N) is 2. The molecule has 18 heavy (non-hydrogen) atoms. The second kappa shape index (κ2) is 3.45. The average Bonchev–Trinajstić information content (AvgIpc) is 2.52. The van der Waals surface area contributed by atoms with Crippen LogP contribution in [0.5, 0.6) is 5.75 Å². The zero-order valence-corrected chi connectivity index (χ0v) is 11.1. The Balaban J connectivity index is 2.21. The zero-order chi connectivity index (χ0) is 13.0. The van der Waals surface area contributed by atoms with Gasteiger partial charge in [-0.15, -0.1) is 0 Å². The van der Waals surface area contributed by atoms with Gasteiger partial charge in [0.25, 0.3) is 5.91 Å². The van der Waals surface area contributed by atoms with Crippen molar-refractivity contribution in [1.82, 2.24) is 10.6 Å². The quantitative estimate of drug-likeness (QED) is 0.695. The van der Waals surface area contributed by atoms with Gasteiger partial charge in [0.1, 0.15) is 11.4 Å². The van der Waals surface area contributed by atoms with E-state index in [0.29, 0.717) is 11.5 Å². The molecule has 1 saturated heterocycles. The molecule has 1 aromatic rings. The van der Waals surface area contributed by atoms with Crippen molar-refractivity contribution in [3.8, 4) is 5.75 Å². The van der Waals surface area contributed by atoms with E-state index in [1.54, 1.807) is 0 Å². The first kappa shape index (κ1) is 11.5. The fourth-order valence-electron chi connectivity index (χ4n) is 2.78. The Morgan fingerprint density at radius 3 is 2.72 bits per heavy atom. The average molecular weight is 262 g/mol. The first-order valence-corrected chi connectivity index (χ1v) is 6.26. The minimum Gasteiger partial charge on any atom is -0.487 e. The van der Waals surface area contributed by atoms with Gasteiger partial charge in [0.15, 0.2) is 10.7 Å². The number of para-hydroxylation sites is 1. The van der Waals surface area contributed by atoms with E-state index in [9.17, 15) is 4.79 Å². The van der Waals surface area contributed by atoms with E-state index in [4.69, 9.17) is 17.0 Å². The van der Waals surface area contributed by atoms with Crippen molar-refractivity contribution in [3.05, 3.63) is 29.8 Å². The predicted octanol–water partition coefficient (Wildman–Crippen LogP) is 1.45. The largest absolute Gasteiger partial charge is 0.487 e. The lowest BCUT2D eigenvalue weighted by Crippen LogP contribution is -2.53. The Labute approximate surface area is 111 Å². The zero-order valence-electron chi connectivity index (χ0n) is 10.2. The molecule has 1 unspecified atom stereocenters. The maximum Gasteiger partial charge on any atom is 0.256 e. The van der Waals surface area contributed by atoms with Crippen molar-refractivity contribution < 1.29 is 9.53 Å². The number of ether oxygens (including phenoxy) is 1. The number of benzene rings is 1. The summed E-state index contributed by atoms with van der Waals surface area (Å²) >= 11 is 5.07. The number of thiocarbonyl (C=S) groups is 1. The third-order valence-electron chi connectivity index (χ3n) is 3.37. The molecule has 1 aromatic carbocycles. The summed E-state index contributed by atoms with van der Waals surface area (Å²) in [6, 6.07) is 7.59. The number of carbonyl (C=O) groups excluding carboxylic acids is 1. The van der Waals surface area contributed by atoms with Crippen LogP contribution < -0.4 is 15.4 Å². The van der Waals surface area contributed by atoms with Gasteiger partial charge in [0, 0.05) is 12.0 Å². The van der Waals surface area contributed by atoms with Gasteiger partial charge < -0.3 is 15.4 Å². The van der Waals surface area contributed by atoms with Crippen LogP contribution in [0.2, 0.25) is 0 Å². The van der Waals surface area contributed by atoms with E-state index in [1.807, 2.05) is 38.1 Å². The summed E-state index contributed by atoms with van der Waals surface area (Å²) in [5.41, 5.74) is -0.365. The van der Waals surface area contributed by atoms with Crippen LogP contribution in [0.25, 0.3) is 0 Å². The van der Waals surface area contributed by atoms with E-state index < -0.39 is 11.1 Å². The third-order valence-corrected chi connectivity index (χ3v) is 3.57. The van der Waals surface area contributed by atoms with Crippen LogP contribution >= 0.6 is 12.2 Å². The maximum absolute atomic E-state index is 12.3. The Kier molecular flexibility index (Phi) is 2.20. The van der Waals surface area contributed by atoms with E-state index in [0.717, 1.165) is 11.3 Å². The minimum absolute atomic E-state index is 0.101. The van der Waals surface area contributed by atoms with Gasteiger partial charge in [0.05, 0.1) is 0 Å². The highest BCUT2D eigenvalue weighted by Gasteiger charge is 2.54. The molecule has 0 saturated carbocycles. The third kappa shape index (κ3) is 1.50. The second-order valence-electron chi connectivity index (χ2n) is 5.35. The van der Waals surface area contributed by atoms with Crippen LogP contribution in [0.4, 0.5) is 0 Å². The summed E-state index contributed by atoms with van der Waals surface area (Å²) in [5, 5.41) is 6.19. The molecule has 2 aliphatic heterocycles. The molecule has 0 aromatic heterocycles. The molecule has 0 aliphatic carbocycles. The highest BCUT2D eigenvalue weighted by atomic mass is 32.1. The van der Waals surface area contributed by atoms with Crippen LogP contribution in [0, 0.1) is 0 Å². The summed E-state index contributed by atoms with van der Waals surface area (Å²) in [4.78, 5) is 12.3. The molecule has 2 aliphatic rings. The predicted molar refractivity (Wildman–Crippen MR) is 71.3 cm³/mol. The highest BCUT2D eigenvalue weighted by molar-refractivity contribution is 7.80. The normalized spacial score (nSPS) is 28.3. The van der Waals surface area contributed by atoms with Gasteiger partial charge in [-0.05, 0) is 32.1 Å². The van der Waals surface area contributed by atoms with Crippen LogP contribution in [0.1, 0.15) is 25.8 Å². The lowest BCUT2D eigenvalue weighted by molar-refractivity contribution is -0.127. The van der Waals surface area contributed by atoms with Gasteiger partial charge in [-0.25, -0.2) is 0 Å². The van der Waals surface area contributed by atoms with E-state index in [1.165, 1.54) is 0 Å². The van der Waals surface area contributed by atoms with Crippen molar-refractivity contribution in [2.45, 2.75) is 31.4 Å². The molecule has 3 rings (SSSR count). The molecule has 2 heterocycles. The van der Waals surface area contributed by atoms with Gasteiger partial charge in [0.2, 0.25) is 0 Å². The number of hydrogen-bond acceptors (Lipinski definition) is 3. The van der Waals surface area contributed by atoms with E-state index in [2.05, 4.69) is 10.6 Å². The molecule has 0 bridgehead atoms. The summed E-state index contributed by atoms with van der Waals surface area (Å²) in [6.45, 7) is 3.95. The van der Waals surface area contributed by atoms with Crippen molar-refractivity contribution in [3.63, 3.8) is 0 Å². The minimum atomic E-state index is -0.796. The monoisotopic (exact) mass is 262 g/mol. The van der Waals surface area contributed by atoms with Gasteiger partial charge in [-0.2, -0.15) is 0 Å². The molecule has 1 spiro atoms. The fourth-order valence-corrected chi connectivity index (χ4v) is 3.05. The molecule has 5 heteroatoms. The lowest BCUT2D eigenvalue weighted by atomic mass is 9.77. The standard InChI is InChI=1S/C13H14N2O2S/c1-12(2)7-13(10(16)14-11(18)15-13)8-5-3-4-6-9(8)17-12/h3-6H,7H2,1-2H3,(H2,14,15,16,18). The number of amides is 1. The van der Waals surface area contributed by atoms with E-state index >= 15 is 0 Å². The van der Waals surface area contributed by atoms with Crippen LogP contribution in [0.15, 0.2) is 24.3 Å². The molecule has 1 amide bonds. The van der Waals surface area contributed by atoms with Crippen molar-refractivity contribution in [1.29, 1.82) is 0 Å². The summed E-state index contributed by atoms with van der Waals surface area (Å²) in [5.74, 6) is 0.637. The van der Waals surface area contributed by atoms with Crippen molar-refractivity contribution in [2.75, 3.05) is 0 Å². The van der Waals surface area contributed by atoms with Gasteiger partial charge >= 0.3 is 0 Å². The molecule has 1 atom stereocenters. The molecular weight excluding hydrogens is 248 g/mol. The summed E-state index contributed by atoms with van der Waals surface area (Å²) < 4.78 is 5.93. The first-order valence-electron chi connectivity index (χ1n) is 5.85. The SMILES string of the molecule is CC1(C)CC2(NC(=S)NC2=O)c2ccccc2O1. The maximum atomic E-state index is 12.3. The topological polar surface area (TPSA) is 50.4 Å². The fraction of sp³-hybridized carbons (Fsp3) is 0.385. The number of fused-ring (bicyclic) bond motifs is 2. The van der Waals surface area contributed by atoms with Crippen LogP contribution in [0.3, 0.4) is 0 Å². The molecule has 0 radical (unpaired) electrons. The Morgan fingerprint density at radius 2 is 2.06 bits per heavy atom. The highest BCUT2D eigenvalue weighted by Crippen LogP contribution is 2.44. The van der Waals surface area contributed by atoms with Gasteiger partial charge in [-0.3, -0.25) is 4.79 Å². The lowest BCUT2D eigenvalue weighted by Gasteiger charge is -2.42. The molecule has 1 fully saturated rings. The van der Waals surface area contributed by atoms with Crippen molar-refractivity contribution in [2.24, 2.45) is 0 Å². The Morgan fingerprint density at radius 1 is 1.33 bits per heavy atom. The van der Waals surface area contributed by atoms with Gasteiger partial charge in [-0.1, -0.05) is 18.2 Å². The summed E-state index contributed by atoms with van der Waals surface area (Å²) in [7, 11) is 0. The van der Waals surface area contributed by atoms with E-state index in [-0.39, 0.29) is 5.91 Å². The molecule has 4 nitrogen and oxygen atoms in total. The Hall–Kier alpha value is -1.62. The number of rotatable bonds is 0. The number of hydrogen-bond donors (Lipinski definition) is 2. The summed E-state index contributed by atoms with van der Waals surface area (Å²) in [6.07, 6.45) is 0.545. The smallest absolute Gasteiger partial charge is 0.256 e. The molecule has 94 valence electrons. The van der Waals surface area contributed by atoms with Crippen LogP contribution in [-0.4, -0.2) is 16.6 Å². The molecular formula is C13H14N2O2S. The van der Waals surface area contributed by atoms with Crippen LogP contribution in [-0.2, 0) is 10.3 Å². The molecule has 2 N–H and O–H groups in total. The van der Waals surface area contributed by atoms with Crippen molar-refractivity contribution >= 4 is 23.2 Å². The first-order chi connectivity index (χ1) is 8.43. The number of carbonyl (C=O) groups is 1. The second-order valence-corrected chi connectivity index (χ2v) is 5.76.